The second-order valence-corrected chi connectivity index (χ2v) is 8.52. The number of amides is 1. The number of hydrogen-bond donors (Lipinski definition) is 3. The minimum atomic E-state index is -0.289. The first-order valence-electron chi connectivity index (χ1n) is 10.9. The molecule has 0 unspecified atom stereocenters. The molecule has 0 aromatic heterocycles. The van der Waals surface area contributed by atoms with Crippen molar-refractivity contribution in [2.24, 2.45) is 4.99 Å². The molecule has 0 saturated carbocycles. The van der Waals surface area contributed by atoms with Crippen LogP contribution in [0.15, 0.2) is 29.3 Å². The van der Waals surface area contributed by atoms with Gasteiger partial charge in [0.25, 0.3) is 0 Å². The zero-order valence-electron chi connectivity index (χ0n) is 20.3. The van der Waals surface area contributed by atoms with Crippen LogP contribution in [0.5, 0.6) is 5.75 Å². The SMILES string of the molecule is COCCOCCCCNC(=NCC(=O)NC(C)(C)C)Nc1ccc(OC(C)C)cc1.I. The number of anilines is 1. The first kappa shape index (κ1) is 30.4. The maximum atomic E-state index is 12.1. The van der Waals surface area contributed by atoms with E-state index in [2.05, 4.69) is 20.9 Å². The number of hydrogen-bond acceptors (Lipinski definition) is 5. The molecule has 1 rings (SSSR count). The van der Waals surface area contributed by atoms with Gasteiger partial charge in [-0.05, 0) is 71.7 Å². The Hall–Kier alpha value is -1.59. The number of guanidine groups is 1. The Balaban J connectivity index is 0.00000961. The van der Waals surface area contributed by atoms with Crippen molar-refractivity contribution in [1.82, 2.24) is 10.6 Å². The average molecular weight is 565 g/mol. The molecule has 1 aromatic carbocycles. The smallest absolute Gasteiger partial charge is 0.242 e. The van der Waals surface area contributed by atoms with E-state index in [-0.39, 0.29) is 48.1 Å². The minimum absolute atomic E-state index is 0. The van der Waals surface area contributed by atoms with Crippen LogP contribution in [0.25, 0.3) is 0 Å². The number of carbonyl (C=O) groups is 1. The van der Waals surface area contributed by atoms with Crippen LogP contribution in [0.2, 0.25) is 0 Å². The number of nitrogens with one attached hydrogen (secondary N) is 3. The molecule has 8 nitrogen and oxygen atoms in total. The van der Waals surface area contributed by atoms with Crippen LogP contribution in [0.3, 0.4) is 0 Å². The molecular formula is C23H41IN4O4. The van der Waals surface area contributed by atoms with Crippen LogP contribution in [0.1, 0.15) is 47.5 Å². The van der Waals surface area contributed by atoms with Crippen molar-refractivity contribution >= 4 is 41.5 Å². The summed E-state index contributed by atoms with van der Waals surface area (Å²) in [5.41, 5.74) is 0.573. The number of nitrogens with zero attached hydrogens (tertiary/aromatic N) is 1. The number of rotatable bonds is 13. The highest BCUT2D eigenvalue weighted by molar-refractivity contribution is 14.0. The number of carbonyl (C=O) groups excluding carboxylic acids is 1. The zero-order valence-corrected chi connectivity index (χ0v) is 22.7. The van der Waals surface area contributed by atoms with E-state index in [1.54, 1.807) is 7.11 Å². The fourth-order valence-corrected chi connectivity index (χ4v) is 2.55. The number of unbranched alkanes of at least 4 members (excludes halogenated alkanes) is 1. The van der Waals surface area contributed by atoms with Gasteiger partial charge in [-0.25, -0.2) is 4.99 Å². The predicted octanol–water partition coefficient (Wildman–Crippen LogP) is 3.81. The molecule has 0 aliphatic heterocycles. The first-order chi connectivity index (χ1) is 14.7. The van der Waals surface area contributed by atoms with E-state index >= 15 is 0 Å². The van der Waals surface area contributed by atoms with E-state index in [1.807, 2.05) is 58.9 Å². The summed E-state index contributed by atoms with van der Waals surface area (Å²) in [7, 11) is 1.66. The molecule has 9 heteroatoms. The van der Waals surface area contributed by atoms with Crippen molar-refractivity contribution < 1.29 is 19.0 Å². The van der Waals surface area contributed by atoms with E-state index in [0.717, 1.165) is 30.8 Å². The van der Waals surface area contributed by atoms with Crippen molar-refractivity contribution in [2.75, 3.05) is 45.3 Å². The molecule has 0 saturated heterocycles. The maximum Gasteiger partial charge on any atom is 0.242 e. The number of methoxy groups -OCH3 is 1. The second-order valence-electron chi connectivity index (χ2n) is 8.52. The number of aliphatic imine (C=N–C) groups is 1. The monoisotopic (exact) mass is 564 g/mol. The molecule has 0 bridgehead atoms. The highest BCUT2D eigenvalue weighted by Crippen LogP contribution is 2.16. The molecule has 1 amide bonds. The zero-order chi connectivity index (χ0) is 23.1. The van der Waals surface area contributed by atoms with E-state index in [0.29, 0.717) is 25.8 Å². The van der Waals surface area contributed by atoms with Crippen molar-refractivity contribution in [3.63, 3.8) is 0 Å². The fraction of sp³-hybridized carbons (Fsp3) is 0.652. The molecule has 0 aliphatic carbocycles. The third kappa shape index (κ3) is 16.1. The third-order valence-electron chi connectivity index (χ3n) is 3.82. The van der Waals surface area contributed by atoms with Gasteiger partial charge in [-0.3, -0.25) is 4.79 Å². The summed E-state index contributed by atoms with van der Waals surface area (Å²) >= 11 is 0. The van der Waals surface area contributed by atoms with Crippen LogP contribution in [-0.2, 0) is 14.3 Å². The Bertz CT molecular complexity index is 661. The highest BCUT2D eigenvalue weighted by Gasteiger charge is 2.13. The van der Waals surface area contributed by atoms with E-state index in [4.69, 9.17) is 14.2 Å². The summed E-state index contributed by atoms with van der Waals surface area (Å²) in [6.07, 6.45) is 1.97. The molecule has 184 valence electrons. The Morgan fingerprint density at radius 1 is 1.06 bits per heavy atom. The van der Waals surface area contributed by atoms with Gasteiger partial charge in [-0.15, -0.1) is 24.0 Å². The summed E-state index contributed by atoms with van der Waals surface area (Å²) in [4.78, 5) is 16.6. The van der Waals surface area contributed by atoms with Crippen molar-refractivity contribution in [1.29, 1.82) is 0 Å². The van der Waals surface area contributed by atoms with Gasteiger partial charge in [0.2, 0.25) is 5.91 Å². The van der Waals surface area contributed by atoms with Gasteiger partial charge < -0.3 is 30.2 Å². The molecule has 32 heavy (non-hydrogen) atoms. The number of benzene rings is 1. The quantitative estimate of drug-likeness (QED) is 0.146. The van der Waals surface area contributed by atoms with Gasteiger partial charge in [0.15, 0.2) is 5.96 Å². The van der Waals surface area contributed by atoms with E-state index in [9.17, 15) is 4.79 Å². The van der Waals surface area contributed by atoms with Crippen LogP contribution in [0.4, 0.5) is 5.69 Å². The summed E-state index contributed by atoms with van der Waals surface area (Å²) < 4.78 is 16.1. The first-order valence-corrected chi connectivity index (χ1v) is 10.9. The number of halogens is 1. The van der Waals surface area contributed by atoms with E-state index in [1.165, 1.54) is 0 Å². The molecule has 3 N–H and O–H groups in total. The lowest BCUT2D eigenvalue weighted by Gasteiger charge is -2.20. The van der Waals surface area contributed by atoms with Crippen molar-refractivity contribution in [2.45, 2.75) is 59.1 Å². The summed E-state index contributed by atoms with van der Waals surface area (Å²) in [6.45, 7) is 12.5. The van der Waals surface area contributed by atoms with Crippen LogP contribution in [0, 0.1) is 0 Å². The van der Waals surface area contributed by atoms with Gasteiger partial charge in [-0.2, -0.15) is 0 Å². The lowest BCUT2D eigenvalue weighted by molar-refractivity contribution is -0.121. The topological polar surface area (TPSA) is 93.2 Å². The Morgan fingerprint density at radius 2 is 1.75 bits per heavy atom. The normalized spacial score (nSPS) is 11.7. The van der Waals surface area contributed by atoms with Crippen molar-refractivity contribution in [3.05, 3.63) is 24.3 Å². The van der Waals surface area contributed by atoms with Gasteiger partial charge in [-0.1, -0.05) is 0 Å². The molecule has 1 aromatic rings. The molecule has 0 fully saturated rings. The average Bonchev–Trinajstić information content (AvgIpc) is 2.67. The van der Waals surface area contributed by atoms with E-state index < -0.39 is 0 Å². The molecule has 0 heterocycles. The van der Waals surface area contributed by atoms with Gasteiger partial charge in [0.05, 0.1) is 19.3 Å². The second kappa shape index (κ2) is 17.0. The van der Waals surface area contributed by atoms with Crippen LogP contribution in [-0.4, -0.2) is 63.5 Å². The third-order valence-corrected chi connectivity index (χ3v) is 3.82. The molecule has 0 atom stereocenters. The van der Waals surface area contributed by atoms with Crippen LogP contribution >= 0.6 is 24.0 Å². The fourth-order valence-electron chi connectivity index (χ4n) is 2.55. The Kier molecular flexibility index (Phi) is 16.1. The summed E-state index contributed by atoms with van der Waals surface area (Å²) in [5.74, 6) is 1.24. The summed E-state index contributed by atoms with van der Waals surface area (Å²) in [6, 6.07) is 7.66. The molecule has 0 radical (unpaired) electrons. The molecule has 0 aliphatic rings. The minimum Gasteiger partial charge on any atom is -0.491 e. The Labute approximate surface area is 210 Å². The maximum absolute atomic E-state index is 12.1. The predicted molar refractivity (Wildman–Crippen MR) is 141 cm³/mol. The summed E-state index contributed by atoms with van der Waals surface area (Å²) in [5, 5.41) is 9.45. The molecular weight excluding hydrogens is 523 g/mol. The van der Waals surface area contributed by atoms with Gasteiger partial charge >= 0.3 is 0 Å². The van der Waals surface area contributed by atoms with Crippen LogP contribution < -0.4 is 20.7 Å². The Morgan fingerprint density at radius 3 is 2.34 bits per heavy atom. The lowest BCUT2D eigenvalue weighted by atomic mass is 10.1. The lowest BCUT2D eigenvalue weighted by Crippen LogP contribution is -2.42. The van der Waals surface area contributed by atoms with Gasteiger partial charge in [0, 0.05) is 31.5 Å². The molecule has 0 spiro atoms. The highest BCUT2D eigenvalue weighted by atomic mass is 127. The largest absolute Gasteiger partial charge is 0.491 e. The van der Waals surface area contributed by atoms with Crippen molar-refractivity contribution in [3.8, 4) is 5.75 Å². The number of ether oxygens (including phenoxy) is 3. The van der Waals surface area contributed by atoms with Gasteiger partial charge in [0.1, 0.15) is 12.3 Å². The standard InChI is InChI=1S/C23H40N4O4.HI/c1-18(2)31-20-11-9-19(10-12-20)26-22(25-17-21(28)27-23(3,4)5)24-13-7-8-14-30-16-15-29-6;/h9-12,18H,7-8,13-17H2,1-6H3,(H,27,28)(H2,24,25,26);1H.